The lowest BCUT2D eigenvalue weighted by Crippen LogP contribution is -2.49. The van der Waals surface area contributed by atoms with Crippen LogP contribution in [0, 0.1) is 18.3 Å². The average molecular weight is 368 g/mol. The van der Waals surface area contributed by atoms with Crippen molar-refractivity contribution in [3.8, 4) is 12.3 Å². The third-order valence-corrected chi connectivity index (χ3v) is 5.92. The van der Waals surface area contributed by atoms with Crippen molar-refractivity contribution >= 4 is 5.91 Å². The second-order valence-electron chi connectivity index (χ2n) is 8.16. The molecule has 0 bridgehead atoms. The Morgan fingerprint density at radius 3 is 2.78 bits per heavy atom. The largest absolute Gasteiger partial charge is 0.351 e. The van der Waals surface area contributed by atoms with E-state index in [0.717, 1.165) is 38.3 Å². The molecule has 2 atom stereocenters. The van der Waals surface area contributed by atoms with Crippen LogP contribution in [0.1, 0.15) is 50.2 Å². The molecule has 4 heteroatoms. The van der Waals surface area contributed by atoms with Crippen LogP contribution >= 0.6 is 0 Å². The van der Waals surface area contributed by atoms with Gasteiger partial charge in [0.2, 0.25) is 5.91 Å². The van der Waals surface area contributed by atoms with Crippen molar-refractivity contribution in [3.63, 3.8) is 0 Å². The fourth-order valence-electron chi connectivity index (χ4n) is 4.45. The monoisotopic (exact) mass is 367 g/mol. The number of nitrogens with one attached hydrogen (secondary N) is 1. The van der Waals surface area contributed by atoms with Crippen molar-refractivity contribution in [1.82, 2.24) is 15.1 Å². The zero-order valence-electron chi connectivity index (χ0n) is 16.6. The molecule has 2 unspecified atom stereocenters. The highest BCUT2D eigenvalue weighted by Crippen LogP contribution is 2.20. The Balaban J connectivity index is 1.59. The zero-order valence-corrected chi connectivity index (χ0v) is 16.6. The molecule has 0 aromatic heterocycles. The van der Waals surface area contributed by atoms with Gasteiger partial charge in [0.05, 0.1) is 12.6 Å². The number of terminal acetylenes is 1. The fraction of sp³-hybridized carbons (Fsp3) is 0.609. The SMILES string of the molecule is C#CCN1CCCCC1C(=O)NCc1ccccc1CN1CCCC(C)C1. The Bertz CT molecular complexity index is 666. The Kier molecular flexibility index (Phi) is 7.32. The van der Waals surface area contributed by atoms with Gasteiger partial charge in [-0.2, -0.15) is 0 Å². The number of benzene rings is 1. The summed E-state index contributed by atoms with van der Waals surface area (Å²) in [5, 5.41) is 3.18. The van der Waals surface area contributed by atoms with Crippen LogP contribution in [-0.4, -0.2) is 47.9 Å². The molecule has 0 saturated carbocycles. The summed E-state index contributed by atoms with van der Waals surface area (Å²) in [6, 6.07) is 8.43. The summed E-state index contributed by atoms with van der Waals surface area (Å²) in [6.07, 6.45) is 11.2. The molecule has 2 aliphatic heterocycles. The highest BCUT2D eigenvalue weighted by atomic mass is 16.2. The van der Waals surface area contributed by atoms with Gasteiger partial charge >= 0.3 is 0 Å². The van der Waals surface area contributed by atoms with Gasteiger partial charge in [-0.05, 0) is 55.8 Å². The number of carbonyl (C=O) groups excluding carboxylic acids is 1. The second-order valence-corrected chi connectivity index (χ2v) is 8.16. The van der Waals surface area contributed by atoms with Crippen molar-refractivity contribution in [2.45, 2.75) is 58.2 Å². The van der Waals surface area contributed by atoms with Crippen LogP contribution in [-0.2, 0) is 17.9 Å². The molecule has 1 amide bonds. The van der Waals surface area contributed by atoms with Crippen molar-refractivity contribution in [2.24, 2.45) is 5.92 Å². The minimum absolute atomic E-state index is 0.0788. The van der Waals surface area contributed by atoms with Crippen molar-refractivity contribution in [3.05, 3.63) is 35.4 Å². The van der Waals surface area contributed by atoms with Gasteiger partial charge in [-0.25, -0.2) is 0 Å². The predicted molar refractivity (Wildman–Crippen MR) is 110 cm³/mol. The molecule has 0 spiro atoms. The topological polar surface area (TPSA) is 35.6 Å². The minimum Gasteiger partial charge on any atom is -0.351 e. The van der Waals surface area contributed by atoms with Crippen LogP contribution in [0.4, 0.5) is 0 Å². The number of carbonyl (C=O) groups is 1. The molecule has 2 fully saturated rings. The molecule has 2 heterocycles. The third kappa shape index (κ3) is 5.57. The molecule has 3 rings (SSSR count). The quantitative estimate of drug-likeness (QED) is 0.785. The Hall–Kier alpha value is -1.83. The second kappa shape index (κ2) is 9.92. The zero-order chi connectivity index (χ0) is 19.1. The molecule has 0 radical (unpaired) electrons. The Labute approximate surface area is 164 Å². The van der Waals surface area contributed by atoms with Crippen LogP contribution in [0.3, 0.4) is 0 Å². The Morgan fingerprint density at radius 1 is 1.19 bits per heavy atom. The maximum Gasteiger partial charge on any atom is 0.237 e. The molecule has 2 saturated heterocycles. The molecular weight excluding hydrogens is 334 g/mol. The van der Waals surface area contributed by atoms with E-state index in [1.165, 1.54) is 37.1 Å². The van der Waals surface area contributed by atoms with E-state index < -0.39 is 0 Å². The fourth-order valence-corrected chi connectivity index (χ4v) is 4.45. The summed E-state index contributed by atoms with van der Waals surface area (Å²) in [4.78, 5) is 17.5. The van der Waals surface area contributed by atoms with E-state index >= 15 is 0 Å². The molecule has 1 N–H and O–H groups in total. The normalized spacial score (nSPS) is 24.3. The smallest absolute Gasteiger partial charge is 0.237 e. The van der Waals surface area contributed by atoms with E-state index in [0.29, 0.717) is 13.1 Å². The molecule has 0 aliphatic carbocycles. The molecule has 2 aliphatic rings. The van der Waals surface area contributed by atoms with Crippen LogP contribution in [0.5, 0.6) is 0 Å². The summed E-state index contributed by atoms with van der Waals surface area (Å²) in [5.41, 5.74) is 2.56. The summed E-state index contributed by atoms with van der Waals surface area (Å²) in [6.45, 7) is 7.73. The van der Waals surface area contributed by atoms with Gasteiger partial charge in [0, 0.05) is 19.6 Å². The highest BCUT2D eigenvalue weighted by molar-refractivity contribution is 5.81. The molecule has 4 nitrogen and oxygen atoms in total. The maximum absolute atomic E-state index is 12.8. The van der Waals surface area contributed by atoms with Crippen molar-refractivity contribution in [1.29, 1.82) is 0 Å². The maximum atomic E-state index is 12.8. The van der Waals surface area contributed by atoms with E-state index in [9.17, 15) is 4.79 Å². The number of hydrogen-bond acceptors (Lipinski definition) is 3. The van der Waals surface area contributed by atoms with Gasteiger partial charge in [-0.3, -0.25) is 14.6 Å². The first-order chi connectivity index (χ1) is 13.2. The molecule has 27 heavy (non-hydrogen) atoms. The number of hydrogen-bond donors (Lipinski definition) is 1. The van der Waals surface area contributed by atoms with E-state index in [4.69, 9.17) is 6.42 Å². The van der Waals surface area contributed by atoms with E-state index in [1.54, 1.807) is 0 Å². The molecular formula is C23H33N3O. The van der Waals surface area contributed by atoms with E-state index in [1.807, 2.05) is 0 Å². The third-order valence-electron chi connectivity index (χ3n) is 5.92. The van der Waals surface area contributed by atoms with E-state index in [-0.39, 0.29) is 11.9 Å². The predicted octanol–water partition coefficient (Wildman–Crippen LogP) is 3.02. The van der Waals surface area contributed by atoms with Gasteiger partial charge in [-0.1, -0.05) is 43.5 Å². The summed E-state index contributed by atoms with van der Waals surface area (Å²) < 4.78 is 0. The first-order valence-electron chi connectivity index (χ1n) is 10.4. The van der Waals surface area contributed by atoms with Gasteiger partial charge in [0.15, 0.2) is 0 Å². The van der Waals surface area contributed by atoms with E-state index in [2.05, 4.69) is 52.2 Å². The van der Waals surface area contributed by atoms with Gasteiger partial charge in [0.1, 0.15) is 0 Å². The average Bonchev–Trinajstić information content (AvgIpc) is 2.68. The first-order valence-corrected chi connectivity index (χ1v) is 10.4. The molecule has 1 aromatic carbocycles. The summed E-state index contributed by atoms with van der Waals surface area (Å²) >= 11 is 0. The van der Waals surface area contributed by atoms with Crippen LogP contribution < -0.4 is 5.32 Å². The lowest BCUT2D eigenvalue weighted by atomic mass is 9.98. The van der Waals surface area contributed by atoms with Gasteiger partial charge in [0.25, 0.3) is 0 Å². The summed E-state index contributed by atoms with van der Waals surface area (Å²) in [7, 11) is 0. The first kappa shape index (κ1) is 19.9. The number of piperidine rings is 2. The summed E-state index contributed by atoms with van der Waals surface area (Å²) in [5.74, 6) is 3.59. The van der Waals surface area contributed by atoms with Crippen LogP contribution in [0.15, 0.2) is 24.3 Å². The minimum atomic E-state index is -0.0788. The van der Waals surface area contributed by atoms with Crippen LogP contribution in [0.25, 0.3) is 0 Å². The van der Waals surface area contributed by atoms with Crippen molar-refractivity contribution < 1.29 is 4.79 Å². The number of likely N-dealkylation sites (tertiary alicyclic amines) is 2. The van der Waals surface area contributed by atoms with Crippen LogP contribution in [0.2, 0.25) is 0 Å². The number of amides is 1. The highest BCUT2D eigenvalue weighted by Gasteiger charge is 2.28. The molecule has 1 aromatic rings. The number of nitrogens with zero attached hydrogens (tertiary/aromatic N) is 2. The molecule has 146 valence electrons. The standard InChI is InChI=1S/C23H33N3O/c1-3-13-26-15-7-6-12-22(26)23(27)24-16-20-10-4-5-11-21(20)18-25-14-8-9-19(2)17-25/h1,4-5,10-11,19,22H,6-9,12-18H2,2H3,(H,24,27). The Morgan fingerprint density at radius 2 is 2.00 bits per heavy atom. The number of rotatable bonds is 6. The van der Waals surface area contributed by atoms with Crippen molar-refractivity contribution in [2.75, 3.05) is 26.2 Å². The van der Waals surface area contributed by atoms with Gasteiger partial charge < -0.3 is 5.32 Å². The van der Waals surface area contributed by atoms with Gasteiger partial charge in [-0.15, -0.1) is 6.42 Å². The lowest BCUT2D eigenvalue weighted by molar-refractivity contribution is -0.127. The lowest BCUT2D eigenvalue weighted by Gasteiger charge is -2.33.